The summed E-state index contributed by atoms with van der Waals surface area (Å²) in [5.41, 5.74) is 4.62. The third-order valence-electron chi connectivity index (χ3n) is 5.84. The topological polar surface area (TPSA) is 68.7 Å². The van der Waals surface area contributed by atoms with Crippen LogP contribution in [-0.2, 0) is 33.7 Å². The molecule has 8 heteroatoms. The van der Waals surface area contributed by atoms with Crippen molar-refractivity contribution >= 4 is 27.4 Å². The summed E-state index contributed by atoms with van der Waals surface area (Å²) >= 11 is 1.84. The molecule has 5 rings (SSSR count). The van der Waals surface area contributed by atoms with E-state index in [1.54, 1.807) is 0 Å². The molecule has 0 amide bonds. The van der Waals surface area contributed by atoms with E-state index < -0.39 is 0 Å². The molecule has 0 spiro atoms. The predicted octanol–water partition coefficient (Wildman–Crippen LogP) is 2.78. The van der Waals surface area contributed by atoms with Crippen LogP contribution in [0.1, 0.15) is 35.5 Å². The maximum absolute atomic E-state index is 5.87. The standard InChI is InChI=1S/C20H28N4O3S/c1-2-4-16-15(3-1)18-19(23-27-13-14-5-8-26-12-14)21-17(22-20(18)28-16)11-24-6-9-25-10-7-24/h14H,1-13H2,(H,21,22,23). The Bertz CT molecular complexity index is 815. The molecule has 1 unspecified atom stereocenters. The molecule has 1 atom stereocenters. The molecule has 2 aromatic heterocycles. The van der Waals surface area contributed by atoms with Crippen LogP contribution in [0.5, 0.6) is 0 Å². The quantitative estimate of drug-likeness (QED) is 0.743. The maximum Gasteiger partial charge on any atom is 0.162 e. The lowest BCUT2D eigenvalue weighted by molar-refractivity contribution is 0.0331. The lowest BCUT2D eigenvalue weighted by Gasteiger charge is -2.25. The summed E-state index contributed by atoms with van der Waals surface area (Å²) < 4.78 is 10.9. The summed E-state index contributed by atoms with van der Waals surface area (Å²) in [7, 11) is 0. The Labute approximate surface area is 169 Å². The molecule has 0 aromatic carbocycles. The van der Waals surface area contributed by atoms with Crippen molar-refractivity contribution in [3.05, 3.63) is 16.3 Å². The second kappa shape index (κ2) is 8.59. The highest BCUT2D eigenvalue weighted by atomic mass is 32.1. The van der Waals surface area contributed by atoms with Crippen molar-refractivity contribution in [2.24, 2.45) is 5.92 Å². The monoisotopic (exact) mass is 404 g/mol. The largest absolute Gasteiger partial charge is 0.381 e. The highest BCUT2D eigenvalue weighted by Gasteiger charge is 2.23. The van der Waals surface area contributed by atoms with Crippen molar-refractivity contribution in [2.75, 3.05) is 51.6 Å². The van der Waals surface area contributed by atoms with Crippen LogP contribution in [0.2, 0.25) is 0 Å². The minimum atomic E-state index is 0.467. The highest BCUT2D eigenvalue weighted by Crippen LogP contribution is 2.38. The molecule has 0 bridgehead atoms. The molecule has 4 heterocycles. The first kappa shape index (κ1) is 18.7. The molecule has 0 radical (unpaired) electrons. The summed E-state index contributed by atoms with van der Waals surface area (Å²) in [4.78, 5) is 20.6. The number of nitrogens with one attached hydrogen (secondary N) is 1. The van der Waals surface area contributed by atoms with Crippen molar-refractivity contribution in [3.63, 3.8) is 0 Å². The minimum absolute atomic E-state index is 0.467. The number of anilines is 1. The Hall–Kier alpha value is -1.32. The van der Waals surface area contributed by atoms with Gasteiger partial charge in [-0.1, -0.05) is 0 Å². The molecule has 2 fully saturated rings. The summed E-state index contributed by atoms with van der Waals surface area (Å²) in [6, 6.07) is 0. The number of morpholine rings is 1. The van der Waals surface area contributed by atoms with E-state index >= 15 is 0 Å². The van der Waals surface area contributed by atoms with Gasteiger partial charge in [-0.15, -0.1) is 11.3 Å². The fraction of sp³-hybridized carbons (Fsp3) is 0.700. The molecular weight excluding hydrogens is 376 g/mol. The van der Waals surface area contributed by atoms with Gasteiger partial charge < -0.3 is 9.47 Å². The zero-order valence-corrected chi connectivity index (χ0v) is 17.1. The van der Waals surface area contributed by atoms with Crippen LogP contribution in [0.15, 0.2) is 0 Å². The number of hydrogen-bond acceptors (Lipinski definition) is 8. The number of hydrogen-bond donors (Lipinski definition) is 1. The average Bonchev–Trinajstić information content (AvgIpc) is 3.36. The summed E-state index contributed by atoms with van der Waals surface area (Å²) in [6.07, 6.45) is 5.86. The number of aromatic nitrogens is 2. The van der Waals surface area contributed by atoms with Crippen molar-refractivity contribution in [1.29, 1.82) is 0 Å². The minimum Gasteiger partial charge on any atom is -0.381 e. The Morgan fingerprint density at radius 2 is 2.00 bits per heavy atom. The van der Waals surface area contributed by atoms with Crippen LogP contribution in [0.4, 0.5) is 5.82 Å². The van der Waals surface area contributed by atoms with Crippen molar-refractivity contribution < 1.29 is 14.3 Å². The van der Waals surface area contributed by atoms with Crippen molar-refractivity contribution in [3.8, 4) is 0 Å². The van der Waals surface area contributed by atoms with E-state index in [4.69, 9.17) is 24.3 Å². The lowest BCUT2D eigenvalue weighted by atomic mass is 9.97. The normalized spacial score (nSPS) is 23.2. The van der Waals surface area contributed by atoms with Crippen LogP contribution in [-0.4, -0.2) is 61.0 Å². The molecule has 3 aliphatic rings. The van der Waals surface area contributed by atoms with Gasteiger partial charge in [0.25, 0.3) is 0 Å². The lowest BCUT2D eigenvalue weighted by Crippen LogP contribution is -2.36. The van der Waals surface area contributed by atoms with E-state index in [-0.39, 0.29) is 0 Å². The molecule has 2 saturated heterocycles. The number of thiophene rings is 1. The van der Waals surface area contributed by atoms with E-state index in [2.05, 4.69) is 10.4 Å². The maximum atomic E-state index is 5.87. The van der Waals surface area contributed by atoms with Crippen LogP contribution >= 0.6 is 11.3 Å². The molecular formula is C20H28N4O3S. The Morgan fingerprint density at radius 3 is 2.86 bits per heavy atom. The highest BCUT2D eigenvalue weighted by molar-refractivity contribution is 7.19. The van der Waals surface area contributed by atoms with E-state index in [0.717, 1.165) is 81.8 Å². The third kappa shape index (κ3) is 4.02. The van der Waals surface area contributed by atoms with E-state index in [1.807, 2.05) is 11.3 Å². The van der Waals surface area contributed by atoms with Crippen molar-refractivity contribution in [1.82, 2.24) is 14.9 Å². The fourth-order valence-electron chi connectivity index (χ4n) is 4.25. The molecule has 152 valence electrons. The average molecular weight is 405 g/mol. The van der Waals surface area contributed by atoms with Gasteiger partial charge in [-0.3, -0.25) is 9.74 Å². The fourth-order valence-corrected chi connectivity index (χ4v) is 5.53. The van der Waals surface area contributed by atoms with E-state index in [1.165, 1.54) is 28.7 Å². The molecule has 28 heavy (non-hydrogen) atoms. The molecule has 2 aliphatic heterocycles. The molecule has 0 saturated carbocycles. The summed E-state index contributed by atoms with van der Waals surface area (Å²) in [5.74, 6) is 2.17. The van der Waals surface area contributed by atoms with Crippen molar-refractivity contribution in [2.45, 2.75) is 38.6 Å². The van der Waals surface area contributed by atoms with Crippen LogP contribution in [0.3, 0.4) is 0 Å². The SMILES string of the molecule is C1CCc2c(sc3nc(CN4CCOCC4)nc(NOCC4CCOC4)c23)C1. The molecule has 7 nitrogen and oxygen atoms in total. The van der Waals surface area contributed by atoms with Gasteiger partial charge in [0.05, 0.1) is 38.4 Å². The first-order valence-corrected chi connectivity index (χ1v) is 11.3. The van der Waals surface area contributed by atoms with E-state index in [0.29, 0.717) is 12.5 Å². The number of nitrogens with zero attached hydrogens (tertiary/aromatic N) is 3. The third-order valence-corrected chi connectivity index (χ3v) is 7.03. The van der Waals surface area contributed by atoms with Gasteiger partial charge in [0.1, 0.15) is 10.7 Å². The predicted molar refractivity (Wildman–Crippen MR) is 109 cm³/mol. The first-order valence-electron chi connectivity index (χ1n) is 10.4. The second-order valence-electron chi connectivity index (χ2n) is 7.91. The number of fused-ring (bicyclic) bond motifs is 3. The summed E-state index contributed by atoms with van der Waals surface area (Å²) in [6.45, 7) is 6.47. The molecule has 2 aromatic rings. The number of aryl methyl sites for hydroxylation is 2. The van der Waals surface area contributed by atoms with E-state index in [9.17, 15) is 0 Å². The first-order chi connectivity index (χ1) is 13.9. The van der Waals surface area contributed by atoms with Gasteiger partial charge in [-0.2, -0.15) is 0 Å². The van der Waals surface area contributed by atoms with Crippen LogP contribution in [0, 0.1) is 5.92 Å². The second-order valence-corrected chi connectivity index (χ2v) is 8.99. The Morgan fingerprint density at radius 1 is 1.11 bits per heavy atom. The van der Waals surface area contributed by atoms with Crippen LogP contribution in [0.25, 0.3) is 10.2 Å². The van der Waals surface area contributed by atoms with Gasteiger partial charge >= 0.3 is 0 Å². The van der Waals surface area contributed by atoms with Gasteiger partial charge in [-0.05, 0) is 37.7 Å². The molecule has 1 aliphatic carbocycles. The zero-order valence-electron chi connectivity index (χ0n) is 16.2. The number of rotatable bonds is 6. The Balaban J connectivity index is 1.40. The van der Waals surface area contributed by atoms with Crippen LogP contribution < -0.4 is 5.48 Å². The van der Waals surface area contributed by atoms with Gasteiger partial charge in [-0.25, -0.2) is 15.4 Å². The van der Waals surface area contributed by atoms with Gasteiger partial charge in [0.2, 0.25) is 0 Å². The van der Waals surface area contributed by atoms with Gasteiger partial charge in [0.15, 0.2) is 5.82 Å². The van der Waals surface area contributed by atoms with Gasteiger partial charge in [0, 0.05) is 30.5 Å². The Kier molecular flexibility index (Phi) is 5.73. The molecule has 1 N–H and O–H groups in total. The zero-order chi connectivity index (χ0) is 18.8. The summed E-state index contributed by atoms with van der Waals surface area (Å²) in [5, 5.41) is 1.17. The smallest absolute Gasteiger partial charge is 0.162 e. The number of ether oxygens (including phenoxy) is 2.